The second-order valence-electron chi connectivity index (χ2n) is 6.92. The van der Waals surface area contributed by atoms with Crippen molar-refractivity contribution in [3.8, 4) is 0 Å². The number of nitrogens with one attached hydrogen (secondary N) is 1. The molecule has 3 rings (SSSR count). The summed E-state index contributed by atoms with van der Waals surface area (Å²) in [4.78, 5) is 0.300. The SMILES string of the molecule is Cc1ccc(S(=O)(=O)N[C@H](CCCC2OCCO2)Cc2ccccc2)cc1. The molecule has 146 valence electrons. The molecule has 0 amide bonds. The first-order valence-corrected chi connectivity index (χ1v) is 10.9. The summed E-state index contributed by atoms with van der Waals surface area (Å²) in [5.74, 6) is 0. The van der Waals surface area contributed by atoms with E-state index in [9.17, 15) is 8.42 Å². The van der Waals surface area contributed by atoms with Gasteiger partial charge in [-0.15, -0.1) is 0 Å². The maximum atomic E-state index is 12.8. The van der Waals surface area contributed by atoms with Crippen molar-refractivity contribution in [2.75, 3.05) is 13.2 Å². The third-order valence-electron chi connectivity index (χ3n) is 4.66. The van der Waals surface area contributed by atoms with Gasteiger partial charge in [0.15, 0.2) is 6.29 Å². The van der Waals surface area contributed by atoms with E-state index in [2.05, 4.69) is 4.72 Å². The Balaban J connectivity index is 1.66. The lowest BCUT2D eigenvalue weighted by Crippen LogP contribution is -2.36. The molecule has 0 radical (unpaired) electrons. The van der Waals surface area contributed by atoms with E-state index < -0.39 is 10.0 Å². The number of sulfonamides is 1. The van der Waals surface area contributed by atoms with Crippen LogP contribution in [0.15, 0.2) is 59.5 Å². The van der Waals surface area contributed by atoms with Crippen LogP contribution in [0.25, 0.3) is 0 Å². The lowest BCUT2D eigenvalue weighted by molar-refractivity contribution is -0.0481. The fourth-order valence-corrected chi connectivity index (χ4v) is 4.48. The predicted molar refractivity (Wildman–Crippen MR) is 105 cm³/mol. The molecule has 1 atom stereocenters. The molecule has 6 heteroatoms. The monoisotopic (exact) mass is 389 g/mol. The van der Waals surface area contributed by atoms with Crippen molar-refractivity contribution in [2.24, 2.45) is 0 Å². The molecule has 0 spiro atoms. The van der Waals surface area contributed by atoms with Crippen molar-refractivity contribution < 1.29 is 17.9 Å². The highest BCUT2D eigenvalue weighted by Crippen LogP contribution is 2.17. The first kappa shape index (κ1) is 20.0. The van der Waals surface area contributed by atoms with E-state index in [-0.39, 0.29) is 12.3 Å². The van der Waals surface area contributed by atoms with Gasteiger partial charge in [-0.2, -0.15) is 0 Å². The quantitative estimate of drug-likeness (QED) is 0.714. The smallest absolute Gasteiger partial charge is 0.240 e. The van der Waals surface area contributed by atoms with Crippen molar-refractivity contribution in [2.45, 2.75) is 49.8 Å². The van der Waals surface area contributed by atoms with Gasteiger partial charge in [0.1, 0.15) is 0 Å². The minimum Gasteiger partial charge on any atom is -0.350 e. The number of ether oxygens (including phenoxy) is 2. The molecule has 2 aromatic carbocycles. The van der Waals surface area contributed by atoms with Gasteiger partial charge in [0.05, 0.1) is 18.1 Å². The summed E-state index contributed by atoms with van der Waals surface area (Å²) in [6.45, 7) is 3.21. The second-order valence-corrected chi connectivity index (χ2v) is 8.64. The molecule has 0 bridgehead atoms. The predicted octanol–water partition coefficient (Wildman–Crippen LogP) is 3.43. The molecular formula is C21H27NO4S. The molecule has 1 N–H and O–H groups in total. The van der Waals surface area contributed by atoms with Crippen LogP contribution in [0, 0.1) is 6.92 Å². The van der Waals surface area contributed by atoms with Gasteiger partial charge in [-0.1, -0.05) is 48.0 Å². The van der Waals surface area contributed by atoms with Crippen LogP contribution in [0.5, 0.6) is 0 Å². The highest BCUT2D eigenvalue weighted by Gasteiger charge is 2.22. The Morgan fingerprint density at radius 2 is 1.70 bits per heavy atom. The summed E-state index contributed by atoms with van der Waals surface area (Å²) in [5, 5.41) is 0. The average molecular weight is 390 g/mol. The highest BCUT2D eigenvalue weighted by molar-refractivity contribution is 7.89. The summed E-state index contributed by atoms with van der Waals surface area (Å²) in [6, 6.07) is 16.7. The minimum absolute atomic E-state index is 0.156. The number of aryl methyl sites for hydroxylation is 1. The summed E-state index contributed by atoms with van der Waals surface area (Å²) < 4.78 is 39.4. The zero-order valence-corrected chi connectivity index (χ0v) is 16.5. The van der Waals surface area contributed by atoms with E-state index in [1.165, 1.54) is 0 Å². The molecule has 0 saturated carbocycles. The van der Waals surface area contributed by atoms with Crippen molar-refractivity contribution in [3.63, 3.8) is 0 Å². The Kier molecular flexibility index (Phi) is 7.01. The van der Waals surface area contributed by atoms with Crippen LogP contribution in [0.3, 0.4) is 0 Å². The minimum atomic E-state index is -3.56. The first-order valence-electron chi connectivity index (χ1n) is 9.39. The molecule has 1 aliphatic heterocycles. The Hall–Kier alpha value is -1.73. The molecule has 2 aromatic rings. The molecule has 1 saturated heterocycles. The normalized spacial score (nSPS) is 16.5. The Labute approximate surface area is 161 Å². The summed E-state index contributed by atoms with van der Waals surface area (Å²) >= 11 is 0. The van der Waals surface area contributed by atoms with Crippen LogP contribution in [0.4, 0.5) is 0 Å². The van der Waals surface area contributed by atoms with E-state index in [4.69, 9.17) is 9.47 Å². The molecule has 27 heavy (non-hydrogen) atoms. The lowest BCUT2D eigenvalue weighted by atomic mass is 10.0. The number of hydrogen-bond acceptors (Lipinski definition) is 4. The number of benzene rings is 2. The molecule has 0 aliphatic carbocycles. The Morgan fingerprint density at radius 3 is 2.37 bits per heavy atom. The highest BCUT2D eigenvalue weighted by atomic mass is 32.2. The third kappa shape index (κ3) is 6.14. The van der Waals surface area contributed by atoms with Crippen LogP contribution in [0.2, 0.25) is 0 Å². The Morgan fingerprint density at radius 1 is 1.04 bits per heavy atom. The van der Waals surface area contributed by atoms with Crippen molar-refractivity contribution in [1.29, 1.82) is 0 Å². The summed E-state index contributed by atoms with van der Waals surface area (Å²) in [7, 11) is -3.56. The van der Waals surface area contributed by atoms with E-state index in [1.807, 2.05) is 49.4 Å². The van der Waals surface area contributed by atoms with Gasteiger partial charge in [0.25, 0.3) is 0 Å². The fraction of sp³-hybridized carbons (Fsp3) is 0.429. The largest absolute Gasteiger partial charge is 0.350 e. The molecule has 1 aliphatic rings. The molecule has 0 unspecified atom stereocenters. The zero-order chi connectivity index (χ0) is 19.1. The molecule has 1 fully saturated rings. The van der Waals surface area contributed by atoms with Gasteiger partial charge in [-0.05, 0) is 50.3 Å². The van der Waals surface area contributed by atoms with Gasteiger partial charge < -0.3 is 9.47 Å². The summed E-state index contributed by atoms with van der Waals surface area (Å²) in [6.07, 6.45) is 2.83. The Bertz CT molecular complexity index is 800. The maximum absolute atomic E-state index is 12.8. The summed E-state index contributed by atoms with van der Waals surface area (Å²) in [5.41, 5.74) is 2.15. The fourth-order valence-electron chi connectivity index (χ4n) is 3.21. The topological polar surface area (TPSA) is 64.6 Å². The zero-order valence-electron chi connectivity index (χ0n) is 15.6. The molecule has 1 heterocycles. The van der Waals surface area contributed by atoms with E-state index in [0.29, 0.717) is 24.5 Å². The number of rotatable bonds is 9. The van der Waals surface area contributed by atoms with Crippen molar-refractivity contribution in [3.05, 3.63) is 65.7 Å². The van der Waals surface area contributed by atoms with Crippen LogP contribution in [-0.2, 0) is 25.9 Å². The van der Waals surface area contributed by atoms with E-state index >= 15 is 0 Å². The van der Waals surface area contributed by atoms with Gasteiger partial charge in [-0.25, -0.2) is 13.1 Å². The third-order valence-corrected chi connectivity index (χ3v) is 6.20. The standard InChI is InChI=1S/C21H27NO4S/c1-17-10-12-20(13-11-17)27(23,24)22-19(16-18-6-3-2-4-7-18)8-5-9-21-25-14-15-26-21/h2-4,6-7,10-13,19,21-22H,5,8-9,14-16H2,1H3/t19-/m1/s1. The number of hydrogen-bond donors (Lipinski definition) is 1. The van der Waals surface area contributed by atoms with Crippen molar-refractivity contribution in [1.82, 2.24) is 4.72 Å². The molecular weight excluding hydrogens is 362 g/mol. The van der Waals surface area contributed by atoms with E-state index in [0.717, 1.165) is 30.4 Å². The molecule has 5 nitrogen and oxygen atoms in total. The van der Waals surface area contributed by atoms with Gasteiger partial charge in [0, 0.05) is 6.04 Å². The second kappa shape index (κ2) is 9.46. The van der Waals surface area contributed by atoms with Crippen LogP contribution < -0.4 is 4.72 Å². The maximum Gasteiger partial charge on any atom is 0.240 e. The van der Waals surface area contributed by atoms with Crippen LogP contribution in [0.1, 0.15) is 30.4 Å². The van der Waals surface area contributed by atoms with Gasteiger partial charge >= 0.3 is 0 Å². The molecule has 0 aromatic heterocycles. The first-order chi connectivity index (χ1) is 13.0. The average Bonchev–Trinajstić information content (AvgIpc) is 3.16. The van der Waals surface area contributed by atoms with Crippen LogP contribution >= 0.6 is 0 Å². The van der Waals surface area contributed by atoms with Crippen molar-refractivity contribution >= 4 is 10.0 Å². The lowest BCUT2D eigenvalue weighted by Gasteiger charge is -2.20. The van der Waals surface area contributed by atoms with Gasteiger partial charge in [0.2, 0.25) is 10.0 Å². The van der Waals surface area contributed by atoms with Crippen LogP contribution in [-0.4, -0.2) is 34.0 Å². The van der Waals surface area contributed by atoms with Gasteiger partial charge in [-0.3, -0.25) is 0 Å². The van der Waals surface area contributed by atoms with E-state index in [1.54, 1.807) is 12.1 Å².